The molecule has 0 saturated carbocycles. The molecule has 110 valence electrons. The van der Waals surface area contributed by atoms with Crippen molar-refractivity contribution in [3.63, 3.8) is 0 Å². The van der Waals surface area contributed by atoms with Crippen molar-refractivity contribution in [2.75, 3.05) is 0 Å². The highest BCUT2D eigenvalue weighted by Crippen LogP contribution is 2.25. The number of aromatic nitrogens is 2. The second-order valence-corrected chi connectivity index (χ2v) is 4.82. The summed E-state index contributed by atoms with van der Waals surface area (Å²) in [5.41, 5.74) is -0.916. The van der Waals surface area contributed by atoms with E-state index in [9.17, 15) is 24.3 Å². The topological polar surface area (TPSA) is 109 Å². The van der Waals surface area contributed by atoms with E-state index in [1.165, 1.54) is 19.2 Å². The Labute approximate surface area is 123 Å². The van der Waals surface area contributed by atoms with Gasteiger partial charge in [-0.25, -0.2) is 4.79 Å². The maximum absolute atomic E-state index is 12.4. The first-order valence-electron chi connectivity index (χ1n) is 6.34. The number of allylic oxidation sites excluding steroid dienone is 1. The Kier molecular flexibility index (Phi) is 2.91. The minimum atomic E-state index is -0.965. The summed E-state index contributed by atoms with van der Waals surface area (Å²) in [5, 5.41) is 9.76. The van der Waals surface area contributed by atoms with E-state index < -0.39 is 28.9 Å². The lowest BCUT2D eigenvalue weighted by Gasteiger charge is -2.14. The van der Waals surface area contributed by atoms with Crippen molar-refractivity contribution in [1.82, 2.24) is 9.55 Å². The average molecular weight is 298 g/mol. The van der Waals surface area contributed by atoms with Crippen LogP contribution >= 0.6 is 0 Å². The molecule has 2 aromatic rings. The molecule has 3 rings (SSSR count). The Morgan fingerprint density at radius 2 is 1.59 bits per heavy atom. The number of ketones is 3. The normalized spacial score (nSPS) is 16.2. The molecule has 0 radical (unpaired) electrons. The lowest BCUT2D eigenvalue weighted by atomic mass is 9.84. The SMILES string of the molecule is Cn1c(O)c(/C=C2\C(=O)C(=O)c3ccccc3C2=O)[nH]c1=O. The predicted octanol–water partition coefficient (Wildman–Crippen LogP) is 0.451. The van der Waals surface area contributed by atoms with Gasteiger partial charge in [-0.15, -0.1) is 0 Å². The van der Waals surface area contributed by atoms with Crippen LogP contribution < -0.4 is 5.69 Å². The van der Waals surface area contributed by atoms with Gasteiger partial charge in [-0.05, 0) is 6.08 Å². The first-order valence-corrected chi connectivity index (χ1v) is 6.34. The van der Waals surface area contributed by atoms with E-state index in [4.69, 9.17) is 0 Å². The first-order chi connectivity index (χ1) is 10.4. The van der Waals surface area contributed by atoms with E-state index >= 15 is 0 Å². The van der Waals surface area contributed by atoms with Crippen molar-refractivity contribution >= 4 is 23.4 Å². The number of aromatic hydroxyl groups is 1. The highest BCUT2D eigenvalue weighted by Gasteiger charge is 2.35. The van der Waals surface area contributed by atoms with E-state index in [2.05, 4.69) is 4.98 Å². The Balaban J connectivity index is 2.20. The third kappa shape index (κ3) is 1.83. The van der Waals surface area contributed by atoms with Gasteiger partial charge in [-0.3, -0.25) is 19.0 Å². The second kappa shape index (κ2) is 4.66. The summed E-state index contributed by atoms with van der Waals surface area (Å²) in [4.78, 5) is 50.2. The molecule has 1 aromatic heterocycles. The Hall–Kier alpha value is -3.22. The van der Waals surface area contributed by atoms with Gasteiger partial charge >= 0.3 is 5.69 Å². The van der Waals surface area contributed by atoms with Crippen LogP contribution in [0.3, 0.4) is 0 Å². The van der Waals surface area contributed by atoms with Gasteiger partial charge in [0.1, 0.15) is 5.69 Å². The molecule has 0 unspecified atom stereocenters. The van der Waals surface area contributed by atoms with E-state index in [0.717, 1.165) is 10.6 Å². The highest BCUT2D eigenvalue weighted by molar-refractivity contribution is 6.60. The molecule has 0 atom stereocenters. The number of benzene rings is 1. The van der Waals surface area contributed by atoms with E-state index in [0.29, 0.717) is 0 Å². The largest absolute Gasteiger partial charge is 0.493 e. The van der Waals surface area contributed by atoms with Crippen LogP contribution in [-0.2, 0) is 11.8 Å². The maximum atomic E-state index is 12.4. The van der Waals surface area contributed by atoms with Gasteiger partial charge in [0.15, 0.2) is 5.78 Å². The van der Waals surface area contributed by atoms with Gasteiger partial charge in [0.2, 0.25) is 17.4 Å². The van der Waals surface area contributed by atoms with Gasteiger partial charge in [0.05, 0.1) is 5.57 Å². The number of hydrogen-bond acceptors (Lipinski definition) is 5. The fourth-order valence-electron chi connectivity index (χ4n) is 2.28. The lowest BCUT2D eigenvalue weighted by molar-refractivity contribution is -0.111. The molecule has 0 saturated heterocycles. The van der Waals surface area contributed by atoms with Crippen molar-refractivity contribution in [1.29, 1.82) is 0 Å². The Bertz CT molecular complexity index is 930. The number of imidazole rings is 1. The van der Waals surface area contributed by atoms with Crippen LogP contribution in [0.25, 0.3) is 6.08 Å². The van der Waals surface area contributed by atoms with Gasteiger partial charge < -0.3 is 10.1 Å². The van der Waals surface area contributed by atoms with Gasteiger partial charge in [-0.1, -0.05) is 24.3 Å². The molecular weight excluding hydrogens is 288 g/mol. The molecule has 1 heterocycles. The molecule has 1 aliphatic rings. The summed E-state index contributed by atoms with van der Waals surface area (Å²) in [6.45, 7) is 0. The van der Waals surface area contributed by atoms with E-state index in [1.54, 1.807) is 12.1 Å². The number of fused-ring (bicyclic) bond motifs is 1. The average Bonchev–Trinajstić information content (AvgIpc) is 2.76. The summed E-state index contributed by atoms with van der Waals surface area (Å²) in [5.74, 6) is -2.80. The zero-order valence-corrected chi connectivity index (χ0v) is 11.4. The molecule has 2 N–H and O–H groups in total. The minimum Gasteiger partial charge on any atom is -0.493 e. The second-order valence-electron chi connectivity index (χ2n) is 4.82. The highest BCUT2D eigenvalue weighted by atomic mass is 16.3. The summed E-state index contributed by atoms with van der Waals surface area (Å²) in [6, 6.07) is 6.00. The summed E-state index contributed by atoms with van der Waals surface area (Å²) >= 11 is 0. The zero-order chi connectivity index (χ0) is 16.0. The number of hydrogen-bond donors (Lipinski definition) is 2. The van der Waals surface area contributed by atoms with Crippen LogP contribution in [0.15, 0.2) is 34.6 Å². The molecule has 0 spiro atoms. The molecule has 7 nitrogen and oxygen atoms in total. The van der Waals surface area contributed by atoms with Crippen LogP contribution in [0.5, 0.6) is 5.88 Å². The number of rotatable bonds is 1. The van der Waals surface area contributed by atoms with Gasteiger partial charge in [0.25, 0.3) is 0 Å². The smallest absolute Gasteiger partial charge is 0.328 e. The molecule has 22 heavy (non-hydrogen) atoms. The van der Waals surface area contributed by atoms with Gasteiger partial charge in [0, 0.05) is 18.2 Å². The number of nitrogens with zero attached hydrogens (tertiary/aromatic N) is 1. The summed E-state index contributed by atoms with van der Waals surface area (Å²) in [6.07, 6.45) is 1.02. The van der Waals surface area contributed by atoms with Crippen molar-refractivity contribution < 1.29 is 19.5 Å². The number of aromatic amines is 1. The summed E-state index contributed by atoms with van der Waals surface area (Å²) < 4.78 is 0.917. The molecule has 0 fully saturated rings. The van der Waals surface area contributed by atoms with E-state index in [1.807, 2.05) is 0 Å². The van der Waals surface area contributed by atoms with Crippen LogP contribution in [-0.4, -0.2) is 32.0 Å². The number of Topliss-reactive ketones (excluding diaryl/α,β-unsaturated/α-hetero) is 3. The fraction of sp³-hybridized carbons (Fsp3) is 0.0667. The molecule has 0 aliphatic heterocycles. The number of carbonyl (C=O) groups is 3. The molecule has 0 bridgehead atoms. The fourth-order valence-corrected chi connectivity index (χ4v) is 2.28. The van der Waals surface area contributed by atoms with E-state index in [-0.39, 0.29) is 22.4 Å². The number of carbonyl (C=O) groups excluding carboxylic acids is 3. The predicted molar refractivity (Wildman–Crippen MR) is 75.8 cm³/mol. The monoisotopic (exact) mass is 298 g/mol. The third-order valence-corrected chi connectivity index (χ3v) is 3.51. The van der Waals surface area contributed by atoms with Crippen molar-refractivity contribution in [3.05, 3.63) is 57.1 Å². The standard InChI is InChI=1S/C15H10N2O5/c1-17-14(21)10(16-15(17)22)6-9-11(18)7-4-2-3-5-8(7)12(19)13(9)20/h2-6,21H,1H3,(H,16,22)/b9-6-. The van der Waals surface area contributed by atoms with Crippen LogP contribution in [0.4, 0.5) is 0 Å². The Morgan fingerprint density at radius 3 is 2.14 bits per heavy atom. The van der Waals surface area contributed by atoms with Crippen LogP contribution in [0.2, 0.25) is 0 Å². The van der Waals surface area contributed by atoms with Crippen molar-refractivity contribution in [2.24, 2.45) is 7.05 Å². The molecule has 7 heteroatoms. The molecule has 1 aliphatic carbocycles. The van der Waals surface area contributed by atoms with Crippen LogP contribution in [0.1, 0.15) is 26.4 Å². The molecule has 1 aromatic carbocycles. The minimum absolute atomic E-state index is 0.0560. The summed E-state index contributed by atoms with van der Waals surface area (Å²) in [7, 11) is 1.32. The Morgan fingerprint density at radius 1 is 1.00 bits per heavy atom. The van der Waals surface area contributed by atoms with Crippen molar-refractivity contribution in [3.8, 4) is 5.88 Å². The third-order valence-electron chi connectivity index (χ3n) is 3.51. The molecule has 0 amide bonds. The number of nitrogens with one attached hydrogen (secondary N) is 1. The number of H-pyrrole nitrogens is 1. The maximum Gasteiger partial charge on any atom is 0.328 e. The van der Waals surface area contributed by atoms with Crippen molar-refractivity contribution in [2.45, 2.75) is 0 Å². The first kappa shape index (κ1) is 13.7. The molecular formula is C15H10N2O5. The zero-order valence-electron chi connectivity index (χ0n) is 11.4. The quantitative estimate of drug-likeness (QED) is 0.451. The lowest BCUT2D eigenvalue weighted by Crippen LogP contribution is -2.29. The van der Waals surface area contributed by atoms with Gasteiger partial charge in [-0.2, -0.15) is 0 Å². The van der Waals surface area contributed by atoms with Crippen LogP contribution in [0, 0.1) is 0 Å².